The van der Waals surface area contributed by atoms with Crippen molar-refractivity contribution in [1.29, 1.82) is 0 Å². The fourth-order valence-corrected chi connectivity index (χ4v) is 2.38. The number of Topliss-reactive ketones (excluding diaryl/α,β-unsaturated/α-hetero) is 1. The maximum atomic E-state index is 12.1. The summed E-state index contributed by atoms with van der Waals surface area (Å²) in [6.45, 7) is 2.68. The summed E-state index contributed by atoms with van der Waals surface area (Å²) in [4.78, 5) is 23.9. The Hall–Kier alpha value is -2.42. The van der Waals surface area contributed by atoms with Gasteiger partial charge in [-0.3, -0.25) is 9.59 Å². The molecule has 0 spiro atoms. The summed E-state index contributed by atoms with van der Waals surface area (Å²) >= 11 is 0. The lowest BCUT2D eigenvalue weighted by Crippen LogP contribution is -2.26. The Morgan fingerprint density at radius 2 is 1.57 bits per heavy atom. The third-order valence-electron chi connectivity index (χ3n) is 3.84. The van der Waals surface area contributed by atoms with E-state index in [9.17, 15) is 9.59 Å². The molecule has 0 unspecified atom stereocenters. The number of aryl methyl sites for hydroxylation is 1. The van der Waals surface area contributed by atoms with Gasteiger partial charge in [0.2, 0.25) is 5.91 Å². The second-order valence-electron chi connectivity index (χ2n) is 5.56. The van der Waals surface area contributed by atoms with Crippen LogP contribution in [0.4, 0.5) is 0 Å². The van der Waals surface area contributed by atoms with Crippen LogP contribution in [0.5, 0.6) is 0 Å². The zero-order valence-electron chi connectivity index (χ0n) is 13.5. The summed E-state index contributed by atoms with van der Waals surface area (Å²) < 4.78 is 0. The van der Waals surface area contributed by atoms with Gasteiger partial charge in [-0.1, -0.05) is 61.5 Å². The van der Waals surface area contributed by atoms with Crippen molar-refractivity contribution in [3.63, 3.8) is 0 Å². The Bertz CT molecular complexity index is 632. The van der Waals surface area contributed by atoms with Crippen molar-refractivity contribution >= 4 is 11.7 Å². The second-order valence-corrected chi connectivity index (χ2v) is 5.56. The van der Waals surface area contributed by atoms with Crippen LogP contribution >= 0.6 is 0 Å². The van der Waals surface area contributed by atoms with Crippen LogP contribution in [0.1, 0.15) is 41.3 Å². The molecule has 120 valence electrons. The first kappa shape index (κ1) is 16.9. The third-order valence-corrected chi connectivity index (χ3v) is 3.84. The summed E-state index contributed by atoms with van der Waals surface area (Å²) in [7, 11) is 0. The minimum Gasteiger partial charge on any atom is -0.356 e. The molecule has 1 amide bonds. The van der Waals surface area contributed by atoms with Gasteiger partial charge in [0.15, 0.2) is 5.78 Å². The molecule has 23 heavy (non-hydrogen) atoms. The van der Waals surface area contributed by atoms with Crippen LogP contribution in [0, 0.1) is 0 Å². The van der Waals surface area contributed by atoms with E-state index < -0.39 is 0 Å². The molecule has 0 heterocycles. The minimum absolute atomic E-state index is 0.0193. The van der Waals surface area contributed by atoms with Gasteiger partial charge in [0.05, 0.1) is 0 Å². The molecule has 2 rings (SSSR count). The first-order chi connectivity index (χ1) is 11.2. The fourth-order valence-electron chi connectivity index (χ4n) is 2.38. The highest BCUT2D eigenvalue weighted by atomic mass is 16.2. The number of hydrogen-bond donors (Lipinski definition) is 1. The Balaban J connectivity index is 1.70. The van der Waals surface area contributed by atoms with Gasteiger partial charge in [0.25, 0.3) is 0 Å². The zero-order valence-corrected chi connectivity index (χ0v) is 13.5. The second kappa shape index (κ2) is 8.89. The van der Waals surface area contributed by atoms with Crippen molar-refractivity contribution in [1.82, 2.24) is 5.32 Å². The summed E-state index contributed by atoms with van der Waals surface area (Å²) in [6, 6.07) is 17.6. The van der Waals surface area contributed by atoms with Crippen LogP contribution in [-0.4, -0.2) is 18.2 Å². The van der Waals surface area contributed by atoms with E-state index in [2.05, 4.69) is 12.2 Å². The largest absolute Gasteiger partial charge is 0.356 e. The molecular formula is C20H23NO2. The van der Waals surface area contributed by atoms with Crippen molar-refractivity contribution in [2.24, 2.45) is 0 Å². The highest BCUT2D eigenvalue weighted by molar-refractivity contribution is 5.97. The summed E-state index contributed by atoms with van der Waals surface area (Å²) in [6.07, 6.45) is 2.25. The van der Waals surface area contributed by atoms with Gasteiger partial charge >= 0.3 is 0 Å². The number of ketones is 1. The van der Waals surface area contributed by atoms with E-state index >= 15 is 0 Å². The smallest absolute Gasteiger partial charge is 0.220 e. The van der Waals surface area contributed by atoms with Crippen LogP contribution in [0.2, 0.25) is 0 Å². The van der Waals surface area contributed by atoms with Crippen LogP contribution in [-0.2, 0) is 17.6 Å². The maximum Gasteiger partial charge on any atom is 0.220 e. The molecule has 2 aromatic carbocycles. The molecule has 0 bridgehead atoms. The average molecular weight is 309 g/mol. The Labute approximate surface area is 137 Å². The first-order valence-corrected chi connectivity index (χ1v) is 8.12. The van der Waals surface area contributed by atoms with E-state index in [-0.39, 0.29) is 24.5 Å². The zero-order chi connectivity index (χ0) is 16.5. The van der Waals surface area contributed by atoms with Gasteiger partial charge in [-0.05, 0) is 24.0 Å². The Kier molecular flexibility index (Phi) is 6.55. The van der Waals surface area contributed by atoms with E-state index in [0.29, 0.717) is 12.1 Å². The quantitative estimate of drug-likeness (QED) is 0.758. The Morgan fingerprint density at radius 1 is 0.870 bits per heavy atom. The Morgan fingerprint density at radius 3 is 2.22 bits per heavy atom. The molecule has 0 aliphatic heterocycles. The maximum absolute atomic E-state index is 12.1. The number of hydrogen-bond acceptors (Lipinski definition) is 2. The lowest BCUT2D eigenvalue weighted by atomic mass is 10.0. The van der Waals surface area contributed by atoms with Crippen LogP contribution < -0.4 is 5.32 Å². The van der Waals surface area contributed by atoms with Crippen LogP contribution in [0.3, 0.4) is 0 Å². The van der Waals surface area contributed by atoms with Gasteiger partial charge in [-0.25, -0.2) is 0 Å². The normalized spacial score (nSPS) is 10.3. The van der Waals surface area contributed by atoms with Crippen molar-refractivity contribution in [3.8, 4) is 0 Å². The molecule has 0 saturated carbocycles. The molecule has 3 nitrogen and oxygen atoms in total. The minimum atomic E-state index is -0.0699. The monoisotopic (exact) mass is 309 g/mol. The summed E-state index contributed by atoms with van der Waals surface area (Å²) in [5.74, 6) is -0.0506. The number of nitrogens with one attached hydrogen (secondary N) is 1. The fraction of sp³-hybridized carbons (Fsp3) is 0.300. The topological polar surface area (TPSA) is 46.2 Å². The summed E-state index contributed by atoms with van der Waals surface area (Å²) in [5, 5.41) is 2.87. The molecule has 0 saturated heterocycles. The van der Waals surface area contributed by atoms with Crippen molar-refractivity contribution in [3.05, 3.63) is 71.3 Å². The highest BCUT2D eigenvalue weighted by Gasteiger charge is 2.09. The van der Waals surface area contributed by atoms with E-state index in [1.807, 2.05) is 54.6 Å². The number of amides is 1. The number of carbonyl (C=O) groups excluding carboxylic acids is 2. The average Bonchev–Trinajstić information content (AvgIpc) is 2.60. The molecule has 0 aliphatic rings. The molecule has 0 fully saturated rings. The molecule has 2 aromatic rings. The van der Waals surface area contributed by atoms with Crippen molar-refractivity contribution in [2.75, 3.05) is 6.54 Å². The molecule has 1 N–H and O–H groups in total. The lowest BCUT2D eigenvalue weighted by molar-refractivity contribution is -0.121. The first-order valence-electron chi connectivity index (χ1n) is 8.12. The predicted octanol–water partition coefficient (Wildman–Crippen LogP) is 3.57. The molecule has 0 aliphatic carbocycles. The van der Waals surface area contributed by atoms with Gasteiger partial charge < -0.3 is 5.32 Å². The molecule has 0 atom stereocenters. The molecular weight excluding hydrogens is 286 g/mol. The van der Waals surface area contributed by atoms with Crippen molar-refractivity contribution < 1.29 is 9.59 Å². The lowest BCUT2D eigenvalue weighted by Gasteiger charge is -2.06. The number of benzene rings is 2. The van der Waals surface area contributed by atoms with Gasteiger partial charge in [-0.2, -0.15) is 0 Å². The standard InChI is InChI=1S/C20H23NO2/c1-2-16-8-10-18(11-9-16)19(22)12-13-20(23)21-15-14-17-6-4-3-5-7-17/h3-11H,2,12-15H2,1H3,(H,21,23). The van der Waals surface area contributed by atoms with Crippen molar-refractivity contribution in [2.45, 2.75) is 32.6 Å². The van der Waals surface area contributed by atoms with Crippen LogP contribution in [0.15, 0.2) is 54.6 Å². The third kappa shape index (κ3) is 5.70. The van der Waals surface area contributed by atoms with E-state index in [1.165, 1.54) is 11.1 Å². The van der Waals surface area contributed by atoms with Gasteiger partial charge in [-0.15, -0.1) is 0 Å². The molecule has 0 radical (unpaired) electrons. The van der Waals surface area contributed by atoms with Gasteiger partial charge in [0.1, 0.15) is 0 Å². The van der Waals surface area contributed by atoms with Crippen LogP contribution in [0.25, 0.3) is 0 Å². The van der Waals surface area contributed by atoms with Gasteiger partial charge in [0, 0.05) is 24.9 Å². The molecule has 3 heteroatoms. The van der Waals surface area contributed by atoms with E-state index in [1.54, 1.807) is 0 Å². The molecule has 0 aromatic heterocycles. The predicted molar refractivity (Wildman–Crippen MR) is 92.5 cm³/mol. The van der Waals surface area contributed by atoms with E-state index in [4.69, 9.17) is 0 Å². The number of carbonyl (C=O) groups is 2. The highest BCUT2D eigenvalue weighted by Crippen LogP contribution is 2.09. The van der Waals surface area contributed by atoms with E-state index in [0.717, 1.165) is 12.8 Å². The SMILES string of the molecule is CCc1ccc(C(=O)CCC(=O)NCCc2ccccc2)cc1. The summed E-state index contributed by atoms with van der Waals surface area (Å²) in [5.41, 5.74) is 3.08. The number of rotatable bonds is 8.